The van der Waals surface area contributed by atoms with Crippen LogP contribution in [0.3, 0.4) is 0 Å². The van der Waals surface area contributed by atoms with E-state index in [2.05, 4.69) is 0 Å². The molecule has 0 spiro atoms. The smallest absolute Gasteiger partial charge is 0.250 e. The summed E-state index contributed by atoms with van der Waals surface area (Å²) >= 11 is 0. The highest BCUT2D eigenvalue weighted by atomic mass is 19.3. The normalized spacial score (nSPS) is 15.8. The van der Waals surface area contributed by atoms with Gasteiger partial charge in [0.05, 0.1) is 0 Å². The SMILES string of the molecule is CCCCCCC(F)(F)C(F)(F)C(F)(F)NC(CCCC)CC(C)CCC. The fraction of sp³-hybridized carbons (Fsp3) is 1.00. The minimum absolute atomic E-state index is 0.0586. The lowest BCUT2D eigenvalue weighted by atomic mass is 9.93. The maximum Gasteiger partial charge on any atom is 0.386 e. The molecule has 0 aliphatic heterocycles. The third-order valence-electron chi connectivity index (χ3n) is 4.96. The van der Waals surface area contributed by atoms with Crippen LogP contribution >= 0.6 is 0 Å². The summed E-state index contributed by atoms with van der Waals surface area (Å²) in [7, 11) is 0. The molecule has 0 aromatic heterocycles. The summed E-state index contributed by atoms with van der Waals surface area (Å²) in [6.07, 6.45) is 3.71. The largest absolute Gasteiger partial charge is 0.386 e. The maximum absolute atomic E-state index is 14.2. The van der Waals surface area contributed by atoms with Gasteiger partial charge in [-0.1, -0.05) is 72.6 Å². The number of hydrogen-bond donors (Lipinski definition) is 1. The number of nitrogens with one attached hydrogen (secondary N) is 1. The van der Waals surface area contributed by atoms with Crippen LogP contribution in [0.1, 0.15) is 98.3 Å². The van der Waals surface area contributed by atoms with Crippen LogP contribution in [0.25, 0.3) is 0 Å². The third-order valence-corrected chi connectivity index (χ3v) is 4.96. The predicted molar refractivity (Wildman–Crippen MR) is 98.7 cm³/mol. The van der Waals surface area contributed by atoms with Crippen LogP contribution in [0.15, 0.2) is 0 Å². The zero-order valence-electron chi connectivity index (χ0n) is 17.2. The Kier molecular flexibility index (Phi) is 12.0. The van der Waals surface area contributed by atoms with Crippen LogP contribution in [0, 0.1) is 5.92 Å². The van der Waals surface area contributed by atoms with Gasteiger partial charge in [-0.3, -0.25) is 0 Å². The van der Waals surface area contributed by atoms with Gasteiger partial charge >= 0.3 is 17.9 Å². The van der Waals surface area contributed by atoms with E-state index in [4.69, 9.17) is 0 Å². The third kappa shape index (κ3) is 8.61. The van der Waals surface area contributed by atoms with Gasteiger partial charge in [0.25, 0.3) is 0 Å². The molecule has 0 amide bonds. The molecule has 2 atom stereocenters. The van der Waals surface area contributed by atoms with E-state index in [9.17, 15) is 26.3 Å². The summed E-state index contributed by atoms with van der Waals surface area (Å²) in [6, 6.07) is -5.87. The van der Waals surface area contributed by atoms with Crippen molar-refractivity contribution < 1.29 is 26.3 Å². The van der Waals surface area contributed by atoms with Gasteiger partial charge in [0.15, 0.2) is 0 Å². The van der Waals surface area contributed by atoms with Gasteiger partial charge in [0, 0.05) is 12.5 Å². The van der Waals surface area contributed by atoms with Gasteiger partial charge in [-0.15, -0.1) is 0 Å². The lowest BCUT2D eigenvalue weighted by Crippen LogP contribution is -2.63. The maximum atomic E-state index is 14.2. The Morgan fingerprint density at radius 3 is 1.85 bits per heavy atom. The monoisotopic (exact) mass is 405 g/mol. The standard InChI is InChI=1S/C20H37F6N/c1-5-8-10-11-14-18(21,22)19(23,24)20(25,26)27-17(13-9-6-2)15-16(4)12-7-3/h16-17,27H,5-15H2,1-4H3. The Bertz CT molecular complexity index is 387. The minimum atomic E-state index is -5.43. The summed E-state index contributed by atoms with van der Waals surface area (Å²) in [5.74, 6) is -10.1. The summed E-state index contributed by atoms with van der Waals surface area (Å²) < 4.78 is 84.6. The highest BCUT2D eigenvalue weighted by molar-refractivity contribution is 4.96. The van der Waals surface area contributed by atoms with Crippen molar-refractivity contribution in [3.63, 3.8) is 0 Å². The van der Waals surface area contributed by atoms with E-state index >= 15 is 0 Å². The van der Waals surface area contributed by atoms with E-state index in [1.54, 1.807) is 5.32 Å². The van der Waals surface area contributed by atoms with Crippen molar-refractivity contribution in [2.45, 2.75) is 122 Å². The van der Waals surface area contributed by atoms with E-state index in [0.29, 0.717) is 19.3 Å². The van der Waals surface area contributed by atoms with Crippen LogP contribution in [-0.4, -0.2) is 23.9 Å². The molecule has 1 nitrogen and oxygen atoms in total. The highest BCUT2D eigenvalue weighted by Gasteiger charge is 2.71. The first-order valence-electron chi connectivity index (χ1n) is 10.4. The Balaban J connectivity index is 5.13. The molecule has 2 unspecified atom stereocenters. The molecule has 0 fully saturated rings. The fourth-order valence-corrected chi connectivity index (χ4v) is 3.30. The van der Waals surface area contributed by atoms with Crippen molar-refractivity contribution in [3.8, 4) is 0 Å². The summed E-state index contributed by atoms with van der Waals surface area (Å²) in [4.78, 5) is 0. The zero-order valence-corrected chi connectivity index (χ0v) is 17.2. The van der Waals surface area contributed by atoms with Gasteiger partial charge in [-0.05, 0) is 25.2 Å². The van der Waals surface area contributed by atoms with E-state index in [1.165, 1.54) is 0 Å². The molecule has 7 heteroatoms. The molecule has 0 aromatic carbocycles. The van der Waals surface area contributed by atoms with Gasteiger partial charge in [0.1, 0.15) is 0 Å². The van der Waals surface area contributed by atoms with Gasteiger partial charge in [0.2, 0.25) is 0 Å². The number of alkyl halides is 6. The molecular formula is C20H37F6N. The minimum Gasteiger partial charge on any atom is -0.250 e. The molecule has 0 aromatic rings. The molecule has 0 bridgehead atoms. The van der Waals surface area contributed by atoms with Crippen LogP contribution in [-0.2, 0) is 0 Å². The first-order valence-corrected chi connectivity index (χ1v) is 10.4. The Hall–Kier alpha value is -0.460. The van der Waals surface area contributed by atoms with Gasteiger partial charge < -0.3 is 0 Å². The average Bonchev–Trinajstić information content (AvgIpc) is 2.56. The molecule has 0 saturated carbocycles. The predicted octanol–water partition coefficient (Wildman–Crippen LogP) is 7.79. The van der Waals surface area contributed by atoms with Crippen molar-refractivity contribution in [1.29, 1.82) is 0 Å². The van der Waals surface area contributed by atoms with Crippen molar-refractivity contribution in [2.24, 2.45) is 5.92 Å². The summed E-state index contributed by atoms with van der Waals surface area (Å²) in [5, 5.41) is 1.60. The first-order chi connectivity index (χ1) is 12.4. The Labute approximate surface area is 160 Å². The van der Waals surface area contributed by atoms with E-state index in [0.717, 1.165) is 25.7 Å². The molecule has 0 radical (unpaired) electrons. The molecule has 1 N–H and O–H groups in total. The molecular weight excluding hydrogens is 368 g/mol. The lowest BCUT2D eigenvalue weighted by molar-refractivity contribution is -0.323. The zero-order chi connectivity index (χ0) is 21.1. The average molecular weight is 406 g/mol. The second-order valence-corrected chi connectivity index (χ2v) is 7.78. The quantitative estimate of drug-likeness (QED) is 0.157. The summed E-state index contributed by atoms with van der Waals surface area (Å²) in [5.41, 5.74) is 0. The van der Waals surface area contributed by atoms with E-state index in [-0.39, 0.29) is 25.2 Å². The molecule has 0 heterocycles. The molecule has 0 aliphatic rings. The van der Waals surface area contributed by atoms with Crippen LogP contribution in [0.2, 0.25) is 0 Å². The molecule has 0 rings (SSSR count). The van der Waals surface area contributed by atoms with Crippen LogP contribution in [0.5, 0.6) is 0 Å². The topological polar surface area (TPSA) is 12.0 Å². The van der Waals surface area contributed by atoms with Gasteiger partial charge in [-0.25, -0.2) is 5.32 Å². The van der Waals surface area contributed by atoms with Crippen molar-refractivity contribution >= 4 is 0 Å². The first kappa shape index (κ1) is 26.5. The fourth-order valence-electron chi connectivity index (χ4n) is 3.30. The molecule has 27 heavy (non-hydrogen) atoms. The number of halogens is 6. The highest BCUT2D eigenvalue weighted by Crippen LogP contribution is 2.47. The van der Waals surface area contributed by atoms with Crippen molar-refractivity contribution in [2.75, 3.05) is 0 Å². The lowest BCUT2D eigenvalue weighted by Gasteiger charge is -2.36. The molecule has 0 aliphatic carbocycles. The molecule has 164 valence electrons. The van der Waals surface area contributed by atoms with E-state index in [1.807, 2.05) is 27.7 Å². The number of hydrogen-bond acceptors (Lipinski definition) is 1. The Morgan fingerprint density at radius 1 is 0.741 bits per heavy atom. The van der Waals surface area contributed by atoms with Crippen molar-refractivity contribution in [1.82, 2.24) is 5.32 Å². The van der Waals surface area contributed by atoms with Crippen LogP contribution in [0.4, 0.5) is 26.3 Å². The van der Waals surface area contributed by atoms with Gasteiger partial charge in [-0.2, -0.15) is 26.3 Å². The van der Waals surface area contributed by atoms with Crippen molar-refractivity contribution in [3.05, 3.63) is 0 Å². The van der Waals surface area contributed by atoms with E-state index < -0.39 is 30.4 Å². The second-order valence-electron chi connectivity index (χ2n) is 7.78. The number of rotatable bonds is 16. The van der Waals surface area contributed by atoms with Crippen LogP contribution < -0.4 is 5.32 Å². The molecule has 0 saturated heterocycles. The Morgan fingerprint density at radius 2 is 1.33 bits per heavy atom. The number of unbranched alkanes of at least 4 members (excludes halogenated alkanes) is 4. The second kappa shape index (κ2) is 12.2. The summed E-state index contributed by atoms with van der Waals surface area (Å²) in [6.45, 7) is 7.53.